The third kappa shape index (κ3) is 4.75. The van der Waals surface area contributed by atoms with Gasteiger partial charge in [-0.1, -0.05) is 18.2 Å². The molecule has 3 aromatic rings. The number of aryl methyl sites for hydroxylation is 1. The van der Waals surface area contributed by atoms with Crippen molar-refractivity contribution in [2.75, 3.05) is 19.1 Å². The van der Waals surface area contributed by atoms with Gasteiger partial charge in [0.25, 0.3) is 11.8 Å². The zero-order valence-electron chi connectivity index (χ0n) is 17.5. The predicted molar refractivity (Wildman–Crippen MR) is 115 cm³/mol. The molecule has 0 aliphatic carbocycles. The Bertz CT molecular complexity index is 1140. The number of ether oxygens (including phenoxy) is 2. The van der Waals surface area contributed by atoms with E-state index in [1.54, 1.807) is 54.9 Å². The maximum absolute atomic E-state index is 12.8. The van der Waals surface area contributed by atoms with Crippen molar-refractivity contribution in [3.05, 3.63) is 82.7 Å². The Balaban J connectivity index is 1.76. The van der Waals surface area contributed by atoms with Crippen LogP contribution >= 0.6 is 0 Å². The summed E-state index contributed by atoms with van der Waals surface area (Å²) in [5.74, 6) is -0.650. The van der Waals surface area contributed by atoms with Crippen molar-refractivity contribution in [1.29, 1.82) is 0 Å². The van der Waals surface area contributed by atoms with Crippen molar-refractivity contribution in [2.24, 2.45) is 5.73 Å². The third-order valence-corrected chi connectivity index (χ3v) is 4.79. The van der Waals surface area contributed by atoms with E-state index in [2.05, 4.69) is 5.43 Å². The Morgan fingerprint density at radius 1 is 1.00 bits per heavy atom. The van der Waals surface area contributed by atoms with Gasteiger partial charge in [-0.15, -0.1) is 0 Å². The van der Waals surface area contributed by atoms with Crippen LogP contribution < -0.4 is 20.6 Å². The van der Waals surface area contributed by atoms with Gasteiger partial charge in [-0.25, -0.2) is 0 Å². The quantitative estimate of drug-likeness (QED) is 0.543. The number of nitrogens with two attached hydrogens (primary N) is 1. The normalized spacial score (nSPS) is 10.4. The summed E-state index contributed by atoms with van der Waals surface area (Å²) in [5.41, 5.74) is 10.5. The van der Waals surface area contributed by atoms with Crippen LogP contribution in [0.1, 0.15) is 42.5 Å². The summed E-state index contributed by atoms with van der Waals surface area (Å²) < 4.78 is 12.2. The molecule has 8 nitrogen and oxygen atoms in total. The Kier molecular flexibility index (Phi) is 6.40. The number of primary amides is 1. The van der Waals surface area contributed by atoms with Crippen molar-refractivity contribution in [1.82, 2.24) is 4.68 Å². The SMILES string of the molecule is COc1ccc(OCC(=O)c2cc(C)n(NC(=O)c3ccccc3)c2C)c(C(N)=O)c1. The van der Waals surface area contributed by atoms with E-state index in [-0.39, 0.29) is 29.6 Å². The molecule has 0 saturated heterocycles. The molecular weight excluding hydrogens is 398 g/mol. The van der Waals surface area contributed by atoms with Gasteiger partial charge < -0.3 is 15.2 Å². The maximum atomic E-state index is 12.8. The van der Waals surface area contributed by atoms with Crippen molar-refractivity contribution in [3.8, 4) is 11.5 Å². The number of nitrogens with one attached hydrogen (secondary N) is 1. The van der Waals surface area contributed by atoms with Crippen LogP contribution in [0.5, 0.6) is 11.5 Å². The summed E-state index contributed by atoms with van der Waals surface area (Å²) >= 11 is 0. The number of Topliss-reactive ketones (excluding diaryl/α,β-unsaturated/α-hetero) is 1. The molecule has 0 radical (unpaired) electrons. The molecule has 2 aromatic carbocycles. The minimum Gasteiger partial charge on any atom is -0.497 e. The lowest BCUT2D eigenvalue weighted by Crippen LogP contribution is -2.25. The molecular formula is C23H23N3O5. The van der Waals surface area contributed by atoms with E-state index in [0.717, 1.165) is 0 Å². The average Bonchev–Trinajstić information content (AvgIpc) is 3.06. The number of rotatable bonds is 8. The molecule has 0 saturated carbocycles. The van der Waals surface area contributed by atoms with Gasteiger partial charge in [-0.05, 0) is 50.2 Å². The lowest BCUT2D eigenvalue weighted by molar-refractivity contribution is 0.0910. The number of aromatic nitrogens is 1. The lowest BCUT2D eigenvalue weighted by atomic mass is 10.1. The molecule has 0 atom stereocenters. The van der Waals surface area contributed by atoms with E-state index in [1.165, 1.54) is 19.2 Å². The van der Waals surface area contributed by atoms with Crippen molar-refractivity contribution in [2.45, 2.75) is 13.8 Å². The summed E-state index contributed by atoms with van der Waals surface area (Å²) in [4.78, 5) is 36.9. The van der Waals surface area contributed by atoms with Gasteiger partial charge in [-0.3, -0.25) is 24.5 Å². The Hall–Kier alpha value is -4.07. The fraction of sp³-hybridized carbons (Fsp3) is 0.174. The minimum atomic E-state index is -0.692. The number of hydrogen-bond donors (Lipinski definition) is 2. The molecule has 1 heterocycles. The van der Waals surface area contributed by atoms with E-state index in [9.17, 15) is 14.4 Å². The highest BCUT2D eigenvalue weighted by Gasteiger charge is 2.19. The van der Waals surface area contributed by atoms with Crippen LogP contribution in [0.3, 0.4) is 0 Å². The highest BCUT2D eigenvalue weighted by atomic mass is 16.5. The zero-order valence-corrected chi connectivity index (χ0v) is 17.5. The molecule has 160 valence electrons. The van der Waals surface area contributed by atoms with E-state index in [0.29, 0.717) is 28.3 Å². The number of methoxy groups -OCH3 is 1. The third-order valence-electron chi connectivity index (χ3n) is 4.79. The molecule has 8 heteroatoms. The van der Waals surface area contributed by atoms with Crippen molar-refractivity contribution in [3.63, 3.8) is 0 Å². The summed E-state index contributed by atoms with van der Waals surface area (Å²) in [6.45, 7) is 3.21. The van der Waals surface area contributed by atoms with Crippen LogP contribution in [0.15, 0.2) is 54.6 Å². The van der Waals surface area contributed by atoms with Gasteiger partial charge in [0.1, 0.15) is 11.5 Å². The molecule has 0 spiro atoms. The average molecular weight is 421 g/mol. The molecule has 3 N–H and O–H groups in total. The van der Waals surface area contributed by atoms with Gasteiger partial charge >= 0.3 is 0 Å². The summed E-state index contributed by atoms with van der Waals surface area (Å²) in [6.07, 6.45) is 0. The van der Waals surface area contributed by atoms with Gasteiger partial charge in [0.05, 0.1) is 12.7 Å². The number of hydrogen-bond acceptors (Lipinski definition) is 5. The monoisotopic (exact) mass is 421 g/mol. The van der Waals surface area contributed by atoms with Gasteiger partial charge in [0, 0.05) is 22.5 Å². The second kappa shape index (κ2) is 9.17. The lowest BCUT2D eigenvalue weighted by Gasteiger charge is -2.12. The van der Waals surface area contributed by atoms with Crippen LogP contribution in [0.25, 0.3) is 0 Å². The highest BCUT2D eigenvalue weighted by Crippen LogP contribution is 2.24. The van der Waals surface area contributed by atoms with Crippen LogP contribution in [0, 0.1) is 13.8 Å². The van der Waals surface area contributed by atoms with Gasteiger partial charge in [0.2, 0.25) is 5.78 Å². The first-order valence-electron chi connectivity index (χ1n) is 9.51. The van der Waals surface area contributed by atoms with Gasteiger partial charge in [0.15, 0.2) is 6.61 Å². The largest absolute Gasteiger partial charge is 0.497 e. The number of amides is 2. The minimum absolute atomic E-state index is 0.118. The Morgan fingerprint density at radius 3 is 2.35 bits per heavy atom. The number of carbonyl (C=O) groups excluding carboxylic acids is 3. The van der Waals surface area contributed by atoms with E-state index in [1.807, 2.05) is 6.07 Å². The summed E-state index contributed by atoms with van der Waals surface area (Å²) in [7, 11) is 1.47. The van der Waals surface area contributed by atoms with E-state index >= 15 is 0 Å². The Labute approximate surface area is 179 Å². The topological polar surface area (TPSA) is 113 Å². The maximum Gasteiger partial charge on any atom is 0.270 e. The van der Waals surface area contributed by atoms with Crippen LogP contribution in [0.4, 0.5) is 0 Å². The van der Waals surface area contributed by atoms with Crippen molar-refractivity contribution >= 4 is 17.6 Å². The molecule has 3 rings (SSSR count). The van der Waals surface area contributed by atoms with E-state index in [4.69, 9.17) is 15.2 Å². The van der Waals surface area contributed by atoms with Crippen LogP contribution in [0.2, 0.25) is 0 Å². The second-order valence-corrected chi connectivity index (χ2v) is 6.87. The number of benzene rings is 2. The van der Waals surface area contributed by atoms with Crippen molar-refractivity contribution < 1.29 is 23.9 Å². The smallest absolute Gasteiger partial charge is 0.270 e. The van der Waals surface area contributed by atoms with Gasteiger partial charge in [-0.2, -0.15) is 0 Å². The molecule has 1 aromatic heterocycles. The molecule has 0 unspecified atom stereocenters. The number of ketones is 1. The standard InChI is InChI=1S/C23H23N3O5/c1-14-11-18(15(2)26(14)25-23(29)16-7-5-4-6-8-16)20(27)13-31-21-10-9-17(30-3)12-19(21)22(24)28/h4-12H,13H2,1-3H3,(H2,24,28)(H,25,29). The molecule has 0 fully saturated rings. The second-order valence-electron chi connectivity index (χ2n) is 6.87. The predicted octanol–water partition coefficient (Wildman–Crippen LogP) is 2.86. The molecule has 31 heavy (non-hydrogen) atoms. The Morgan fingerprint density at radius 2 is 1.71 bits per heavy atom. The number of carbonyl (C=O) groups is 3. The molecule has 0 aliphatic rings. The molecule has 0 bridgehead atoms. The van der Waals surface area contributed by atoms with E-state index < -0.39 is 5.91 Å². The summed E-state index contributed by atoms with van der Waals surface area (Å²) in [5, 5.41) is 0. The highest BCUT2D eigenvalue weighted by molar-refractivity contribution is 6.01. The fourth-order valence-corrected chi connectivity index (χ4v) is 3.15. The number of nitrogens with zero attached hydrogens (tertiary/aromatic N) is 1. The first kappa shape index (κ1) is 21.6. The summed E-state index contributed by atoms with van der Waals surface area (Å²) in [6, 6.07) is 15.0. The molecule has 2 amide bonds. The van der Waals surface area contributed by atoms with Crippen LogP contribution in [-0.2, 0) is 0 Å². The first-order valence-corrected chi connectivity index (χ1v) is 9.51. The molecule has 0 aliphatic heterocycles. The zero-order chi connectivity index (χ0) is 22.5. The van der Waals surface area contributed by atoms with Crippen LogP contribution in [-0.4, -0.2) is 36.0 Å². The first-order chi connectivity index (χ1) is 14.8. The fourth-order valence-electron chi connectivity index (χ4n) is 3.15.